The van der Waals surface area contributed by atoms with Gasteiger partial charge in [-0.2, -0.15) is 0 Å². The lowest BCUT2D eigenvalue weighted by atomic mass is 10.1. The van der Waals surface area contributed by atoms with Crippen LogP contribution in [0.2, 0.25) is 0 Å². The van der Waals surface area contributed by atoms with Crippen LogP contribution in [-0.2, 0) is 4.79 Å². The summed E-state index contributed by atoms with van der Waals surface area (Å²) in [7, 11) is 0. The highest BCUT2D eigenvalue weighted by Crippen LogP contribution is 2.31. The molecule has 1 fully saturated rings. The van der Waals surface area contributed by atoms with Crippen LogP contribution in [0.3, 0.4) is 0 Å². The molecule has 0 aromatic heterocycles. The van der Waals surface area contributed by atoms with Crippen LogP contribution in [0.1, 0.15) is 29.6 Å². The minimum atomic E-state index is -0.469. The van der Waals surface area contributed by atoms with Crippen LogP contribution in [0, 0.1) is 0 Å². The van der Waals surface area contributed by atoms with E-state index in [-0.39, 0.29) is 0 Å². The molecular weight excluding hydrogens is 258 g/mol. The van der Waals surface area contributed by atoms with Crippen LogP contribution >= 0.6 is 0 Å². The lowest BCUT2D eigenvalue weighted by molar-refractivity contribution is -0.127. The zero-order valence-electron chi connectivity index (χ0n) is 11.3. The number of hydrogen-bond acceptors (Lipinski definition) is 4. The molecule has 0 saturated carbocycles. The first-order valence-corrected chi connectivity index (χ1v) is 6.99. The van der Waals surface area contributed by atoms with Crippen molar-refractivity contribution in [3.05, 3.63) is 23.8 Å². The number of piperidine rings is 1. The Morgan fingerprint density at radius 1 is 0.950 bits per heavy atom. The van der Waals surface area contributed by atoms with Gasteiger partial charge in [-0.25, -0.2) is 0 Å². The van der Waals surface area contributed by atoms with Crippen molar-refractivity contribution in [2.75, 3.05) is 26.3 Å². The third kappa shape index (κ3) is 2.48. The third-order valence-electron chi connectivity index (χ3n) is 3.64. The number of carbonyl (C=O) groups is 2. The maximum Gasteiger partial charge on any atom is 0.294 e. The lowest BCUT2D eigenvalue weighted by Gasteiger charge is -2.26. The molecule has 0 unspecified atom stereocenters. The molecule has 0 atom stereocenters. The van der Waals surface area contributed by atoms with Gasteiger partial charge in [0, 0.05) is 18.7 Å². The molecule has 3 rings (SSSR count). The molecule has 2 heterocycles. The number of benzene rings is 1. The van der Waals surface area contributed by atoms with Crippen molar-refractivity contribution in [3.8, 4) is 11.5 Å². The number of fused-ring (bicyclic) bond motifs is 1. The molecule has 1 saturated heterocycles. The molecule has 0 aliphatic carbocycles. The van der Waals surface area contributed by atoms with Crippen molar-refractivity contribution >= 4 is 11.7 Å². The van der Waals surface area contributed by atoms with Gasteiger partial charge in [-0.3, -0.25) is 9.59 Å². The maximum atomic E-state index is 12.2. The number of ether oxygens (including phenoxy) is 2. The second-order valence-corrected chi connectivity index (χ2v) is 5.04. The van der Waals surface area contributed by atoms with Gasteiger partial charge < -0.3 is 14.4 Å². The average Bonchev–Trinajstić information content (AvgIpc) is 2.54. The Balaban J connectivity index is 1.77. The van der Waals surface area contributed by atoms with E-state index < -0.39 is 11.7 Å². The van der Waals surface area contributed by atoms with E-state index in [2.05, 4.69) is 0 Å². The standard InChI is InChI=1S/C15H17NO4/c17-14(15(18)16-6-2-1-3-7-16)11-4-5-12-13(10-11)20-9-8-19-12/h4-5,10H,1-3,6-9H2. The molecule has 2 aliphatic heterocycles. The summed E-state index contributed by atoms with van der Waals surface area (Å²) in [6.45, 7) is 2.32. The number of likely N-dealkylation sites (tertiary alicyclic amines) is 1. The summed E-state index contributed by atoms with van der Waals surface area (Å²) >= 11 is 0. The molecule has 5 heteroatoms. The highest BCUT2D eigenvalue weighted by Gasteiger charge is 2.25. The van der Waals surface area contributed by atoms with E-state index in [9.17, 15) is 9.59 Å². The van der Waals surface area contributed by atoms with E-state index in [0.29, 0.717) is 43.4 Å². The van der Waals surface area contributed by atoms with Gasteiger partial charge in [-0.05, 0) is 37.5 Å². The van der Waals surface area contributed by atoms with Crippen LogP contribution in [0.15, 0.2) is 18.2 Å². The number of carbonyl (C=O) groups excluding carboxylic acids is 2. The number of ketones is 1. The number of amides is 1. The summed E-state index contributed by atoms with van der Waals surface area (Å²) in [4.78, 5) is 26.1. The number of rotatable bonds is 2. The van der Waals surface area contributed by atoms with Gasteiger partial charge in [-0.15, -0.1) is 0 Å². The molecule has 0 N–H and O–H groups in total. The minimum absolute atomic E-state index is 0.366. The third-order valence-corrected chi connectivity index (χ3v) is 3.64. The first-order chi connectivity index (χ1) is 9.75. The quantitative estimate of drug-likeness (QED) is 0.608. The molecule has 1 amide bonds. The second-order valence-electron chi connectivity index (χ2n) is 5.04. The highest BCUT2D eigenvalue weighted by atomic mass is 16.6. The summed E-state index contributed by atoms with van der Waals surface area (Å²) in [5, 5.41) is 0. The van der Waals surface area contributed by atoms with Crippen molar-refractivity contribution in [3.63, 3.8) is 0 Å². The van der Waals surface area contributed by atoms with E-state index in [0.717, 1.165) is 19.3 Å². The summed E-state index contributed by atoms with van der Waals surface area (Å²) < 4.78 is 10.8. The Labute approximate surface area is 117 Å². The van der Waals surface area contributed by atoms with Crippen LogP contribution < -0.4 is 9.47 Å². The summed E-state index contributed by atoms with van der Waals surface area (Å²) in [6.07, 6.45) is 3.07. The maximum absolute atomic E-state index is 12.2. The Bertz CT molecular complexity index is 535. The van der Waals surface area contributed by atoms with E-state index in [1.807, 2.05) is 0 Å². The van der Waals surface area contributed by atoms with Crippen molar-refractivity contribution in [2.24, 2.45) is 0 Å². The molecular formula is C15H17NO4. The fraction of sp³-hybridized carbons (Fsp3) is 0.467. The second kappa shape index (κ2) is 5.53. The van der Waals surface area contributed by atoms with Gasteiger partial charge in [0.15, 0.2) is 11.5 Å². The van der Waals surface area contributed by atoms with E-state index in [1.165, 1.54) is 0 Å². The Hall–Kier alpha value is -2.04. The Morgan fingerprint density at radius 3 is 2.40 bits per heavy atom. The summed E-state index contributed by atoms with van der Waals surface area (Å²) in [5.41, 5.74) is 0.366. The topological polar surface area (TPSA) is 55.8 Å². The lowest BCUT2D eigenvalue weighted by Crippen LogP contribution is -2.40. The molecule has 1 aromatic rings. The van der Waals surface area contributed by atoms with Crippen molar-refractivity contribution in [1.29, 1.82) is 0 Å². The molecule has 0 spiro atoms. The fourth-order valence-electron chi connectivity index (χ4n) is 2.55. The average molecular weight is 275 g/mol. The van der Waals surface area contributed by atoms with E-state index >= 15 is 0 Å². The molecule has 2 aliphatic rings. The van der Waals surface area contributed by atoms with Gasteiger partial charge in [0.05, 0.1) is 0 Å². The number of hydrogen-bond donors (Lipinski definition) is 0. The van der Waals surface area contributed by atoms with Crippen molar-refractivity contribution < 1.29 is 19.1 Å². The molecule has 0 radical (unpaired) electrons. The first-order valence-electron chi connectivity index (χ1n) is 6.99. The largest absolute Gasteiger partial charge is 0.486 e. The van der Waals surface area contributed by atoms with Gasteiger partial charge in [0.25, 0.3) is 11.7 Å². The zero-order valence-corrected chi connectivity index (χ0v) is 11.3. The zero-order chi connectivity index (χ0) is 13.9. The summed E-state index contributed by atoms with van der Waals surface area (Å²) in [6, 6.07) is 4.90. The molecule has 20 heavy (non-hydrogen) atoms. The van der Waals surface area contributed by atoms with Crippen LogP contribution in [-0.4, -0.2) is 42.9 Å². The van der Waals surface area contributed by atoms with Crippen LogP contribution in [0.5, 0.6) is 11.5 Å². The number of nitrogens with zero attached hydrogens (tertiary/aromatic N) is 1. The van der Waals surface area contributed by atoms with Crippen LogP contribution in [0.25, 0.3) is 0 Å². The Kier molecular flexibility index (Phi) is 3.58. The van der Waals surface area contributed by atoms with Crippen LogP contribution in [0.4, 0.5) is 0 Å². The van der Waals surface area contributed by atoms with E-state index in [4.69, 9.17) is 9.47 Å². The smallest absolute Gasteiger partial charge is 0.294 e. The summed E-state index contributed by atoms with van der Waals surface area (Å²) in [5.74, 6) is 0.275. The first kappa shape index (κ1) is 13.0. The molecule has 0 bridgehead atoms. The predicted octanol–water partition coefficient (Wildman–Crippen LogP) is 1.65. The number of Topliss-reactive ketones (excluding diaryl/α,β-unsaturated/α-hetero) is 1. The molecule has 1 aromatic carbocycles. The molecule has 5 nitrogen and oxygen atoms in total. The monoisotopic (exact) mass is 275 g/mol. The predicted molar refractivity (Wildman–Crippen MR) is 72.2 cm³/mol. The van der Waals surface area contributed by atoms with Gasteiger partial charge in [0.1, 0.15) is 13.2 Å². The van der Waals surface area contributed by atoms with Crippen molar-refractivity contribution in [2.45, 2.75) is 19.3 Å². The fourth-order valence-corrected chi connectivity index (χ4v) is 2.55. The van der Waals surface area contributed by atoms with Crippen molar-refractivity contribution in [1.82, 2.24) is 4.90 Å². The molecule has 106 valence electrons. The van der Waals surface area contributed by atoms with Gasteiger partial charge in [0.2, 0.25) is 0 Å². The normalized spacial score (nSPS) is 17.7. The SMILES string of the molecule is O=C(C(=O)N1CCCCC1)c1ccc2c(c1)OCCO2. The van der Waals surface area contributed by atoms with Gasteiger partial charge >= 0.3 is 0 Å². The van der Waals surface area contributed by atoms with E-state index in [1.54, 1.807) is 23.1 Å². The Morgan fingerprint density at radius 2 is 1.65 bits per heavy atom. The minimum Gasteiger partial charge on any atom is -0.486 e. The highest BCUT2D eigenvalue weighted by molar-refractivity contribution is 6.42. The van der Waals surface area contributed by atoms with Gasteiger partial charge in [-0.1, -0.05) is 0 Å².